The lowest BCUT2D eigenvalue weighted by atomic mass is 10.6. The smallest absolute Gasteiger partial charge is 0.240 e. The van der Waals surface area contributed by atoms with Gasteiger partial charge >= 0.3 is 0 Å². The normalized spacial score (nSPS) is 9.36. The van der Waals surface area contributed by atoms with Gasteiger partial charge in [0.15, 0.2) is 0 Å². The van der Waals surface area contributed by atoms with Gasteiger partial charge in [0.1, 0.15) is 11.0 Å². The third-order valence-electron chi connectivity index (χ3n) is 0.972. The van der Waals surface area contributed by atoms with Gasteiger partial charge in [-0.1, -0.05) is 11.6 Å². The molecule has 0 aliphatic carbocycles. The highest BCUT2D eigenvalue weighted by Gasteiger charge is 1.98. The SMILES string of the molecule is NNc1cc(Cl)nc(NN)n1. The van der Waals surface area contributed by atoms with Crippen molar-refractivity contribution in [1.82, 2.24) is 9.97 Å². The minimum atomic E-state index is 0.213. The highest BCUT2D eigenvalue weighted by Crippen LogP contribution is 2.11. The summed E-state index contributed by atoms with van der Waals surface area (Å²) >= 11 is 5.57. The van der Waals surface area contributed by atoms with Crippen LogP contribution in [0.3, 0.4) is 0 Å². The van der Waals surface area contributed by atoms with Crippen LogP contribution >= 0.6 is 11.6 Å². The van der Waals surface area contributed by atoms with Gasteiger partial charge in [0.05, 0.1) is 0 Å². The van der Waals surface area contributed by atoms with Crippen molar-refractivity contribution in [3.05, 3.63) is 11.2 Å². The third kappa shape index (κ3) is 1.90. The maximum Gasteiger partial charge on any atom is 0.240 e. The highest BCUT2D eigenvalue weighted by molar-refractivity contribution is 6.29. The zero-order chi connectivity index (χ0) is 8.27. The van der Waals surface area contributed by atoms with Crippen LogP contribution in [0.2, 0.25) is 5.15 Å². The van der Waals surface area contributed by atoms with Crippen LogP contribution in [0.25, 0.3) is 0 Å². The first kappa shape index (κ1) is 7.99. The molecule has 0 bridgehead atoms. The number of nitrogens with zero attached hydrogens (tertiary/aromatic N) is 2. The lowest BCUT2D eigenvalue weighted by molar-refractivity contribution is 1.10. The van der Waals surface area contributed by atoms with E-state index in [0.717, 1.165) is 0 Å². The maximum atomic E-state index is 5.57. The van der Waals surface area contributed by atoms with Gasteiger partial charge in [-0.25, -0.2) is 11.7 Å². The quantitative estimate of drug-likeness (QED) is 0.279. The Morgan fingerprint density at radius 2 is 2.00 bits per heavy atom. The summed E-state index contributed by atoms with van der Waals surface area (Å²) in [4.78, 5) is 7.53. The topological polar surface area (TPSA) is 102 Å². The number of hydrogen-bond donors (Lipinski definition) is 4. The van der Waals surface area contributed by atoms with Gasteiger partial charge in [-0.3, -0.25) is 5.43 Å². The van der Waals surface area contributed by atoms with E-state index in [-0.39, 0.29) is 11.1 Å². The summed E-state index contributed by atoms with van der Waals surface area (Å²) in [6.07, 6.45) is 0. The van der Waals surface area contributed by atoms with Crippen LogP contribution in [0.5, 0.6) is 0 Å². The number of halogens is 1. The second kappa shape index (κ2) is 3.33. The molecule has 0 amide bonds. The second-order valence-electron chi connectivity index (χ2n) is 1.69. The summed E-state index contributed by atoms with van der Waals surface area (Å²) in [6.45, 7) is 0. The fourth-order valence-electron chi connectivity index (χ4n) is 0.556. The van der Waals surface area contributed by atoms with Gasteiger partial charge in [0, 0.05) is 6.07 Å². The van der Waals surface area contributed by atoms with E-state index in [1.807, 2.05) is 0 Å². The molecule has 1 heterocycles. The predicted molar refractivity (Wildman–Crippen MR) is 42.7 cm³/mol. The highest BCUT2D eigenvalue weighted by atomic mass is 35.5. The average molecular weight is 175 g/mol. The number of aromatic nitrogens is 2. The molecule has 0 spiro atoms. The molecular weight excluding hydrogens is 168 g/mol. The summed E-state index contributed by atoms with van der Waals surface area (Å²) in [5.41, 5.74) is 4.55. The van der Waals surface area contributed by atoms with Crippen LogP contribution in [0, 0.1) is 0 Å². The van der Waals surface area contributed by atoms with Crippen molar-refractivity contribution < 1.29 is 0 Å². The zero-order valence-electron chi connectivity index (χ0n) is 5.50. The van der Waals surface area contributed by atoms with Crippen molar-refractivity contribution in [3.63, 3.8) is 0 Å². The third-order valence-corrected chi connectivity index (χ3v) is 1.17. The molecule has 6 nitrogen and oxygen atoms in total. The van der Waals surface area contributed by atoms with E-state index in [2.05, 4.69) is 20.8 Å². The molecule has 0 saturated heterocycles. The van der Waals surface area contributed by atoms with Gasteiger partial charge in [-0.2, -0.15) is 9.97 Å². The van der Waals surface area contributed by atoms with E-state index in [4.69, 9.17) is 23.3 Å². The van der Waals surface area contributed by atoms with Crippen molar-refractivity contribution in [2.45, 2.75) is 0 Å². The fourth-order valence-corrected chi connectivity index (χ4v) is 0.740. The van der Waals surface area contributed by atoms with E-state index in [0.29, 0.717) is 5.82 Å². The minimum Gasteiger partial charge on any atom is -0.308 e. The van der Waals surface area contributed by atoms with Gasteiger partial charge < -0.3 is 5.43 Å². The molecule has 11 heavy (non-hydrogen) atoms. The van der Waals surface area contributed by atoms with Crippen LogP contribution < -0.4 is 22.5 Å². The number of rotatable bonds is 2. The molecule has 0 saturated carbocycles. The van der Waals surface area contributed by atoms with Crippen LogP contribution in [-0.2, 0) is 0 Å². The molecule has 0 aliphatic rings. The van der Waals surface area contributed by atoms with Gasteiger partial charge in [-0.15, -0.1) is 0 Å². The van der Waals surface area contributed by atoms with Crippen molar-refractivity contribution in [2.24, 2.45) is 11.7 Å². The molecule has 6 N–H and O–H groups in total. The number of nitrogens with two attached hydrogens (primary N) is 2. The van der Waals surface area contributed by atoms with Crippen molar-refractivity contribution in [2.75, 3.05) is 10.9 Å². The molecule has 0 aromatic carbocycles. The van der Waals surface area contributed by atoms with Crippen molar-refractivity contribution >= 4 is 23.4 Å². The van der Waals surface area contributed by atoms with E-state index in [1.165, 1.54) is 6.07 Å². The first-order valence-electron chi connectivity index (χ1n) is 2.74. The average Bonchev–Trinajstić information content (AvgIpc) is 2.03. The summed E-state index contributed by atoms with van der Waals surface area (Å²) in [7, 11) is 0. The molecular formula is C4H7ClN6. The molecule has 1 rings (SSSR count). The van der Waals surface area contributed by atoms with Gasteiger partial charge in [0.25, 0.3) is 0 Å². The molecule has 1 aromatic rings. The van der Waals surface area contributed by atoms with Crippen LogP contribution in [0.4, 0.5) is 11.8 Å². The zero-order valence-corrected chi connectivity index (χ0v) is 6.26. The number of hydrazine groups is 2. The molecule has 60 valence electrons. The molecule has 7 heteroatoms. The molecule has 0 aliphatic heterocycles. The van der Waals surface area contributed by atoms with Gasteiger partial charge in [-0.05, 0) is 0 Å². The fraction of sp³-hybridized carbons (Fsp3) is 0. The Morgan fingerprint density at radius 3 is 2.55 bits per heavy atom. The van der Waals surface area contributed by atoms with Crippen molar-refractivity contribution in [1.29, 1.82) is 0 Å². The summed E-state index contributed by atoms with van der Waals surface area (Å²) in [5.74, 6) is 10.7. The molecule has 0 unspecified atom stereocenters. The Bertz CT molecular complexity index is 228. The summed E-state index contributed by atoms with van der Waals surface area (Å²) in [5, 5.41) is 0.265. The van der Waals surface area contributed by atoms with Crippen molar-refractivity contribution in [3.8, 4) is 0 Å². The molecule has 0 atom stereocenters. The van der Waals surface area contributed by atoms with Crippen LogP contribution in [0.15, 0.2) is 6.07 Å². The van der Waals surface area contributed by atoms with E-state index in [1.54, 1.807) is 0 Å². The van der Waals surface area contributed by atoms with E-state index in [9.17, 15) is 0 Å². The number of anilines is 2. The predicted octanol–water partition coefficient (Wildman–Crippen LogP) is -0.299. The largest absolute Gasteiger partial charge is 0.308 e. The van der Waals surface area contributed by atoms with Gasteiger partial charge in [0.2, 0.25) is 5.95 Å². The molecule has 1 aromatic heterocycles. The number of nitrogen functional groups attached to an aromatic ring is 2. The Balaban J connectivity index is 3.02. The lowest BCUT2D eigenvalue weighted by Crippen LogP contribution is -2.14. The maximum absolute atomic E-state index is 5.57. The first-order valence-corrected chi connectivity index (χ1v) is 3.12. The minimum absolute atomic E-state index is 0.213. The second-order valence-corrected chi connectivity index (χ2v) is 2.08. The monoisotopic (exact) mass is 174 g/mol. The Hall–Kier alpha value is -1.11. The van der Waals surface area contributed by atoms with Crippen LogP contribution in [-0.4, -0.2) is 9.97 Å². The molecule has 0 radical (unpaired) electrons. The summed E-state index contributed by atoms with van der Waals surface area (Å²) < 4.78 is 0. The Morgan fingerprint density at radius 1 is 1.27 bits per heavy atom. The van der Waals surface area contributed by atoms with Crippen LogP contribution in [0.1, 0.15) is 0 Å². The van der Waals surface area contributed by atoms with E-state index >= 15 is 0 Å². The Kier molecular flexibility index (Phi) is 2.42. The van der Waals surface area contributed by atoms with E-state index < -0.39 is 0 Å². The number of nitrogens with one attached hydrogen (secondary N) is 2. The summed E-state index contributed by atoms with van der Waals surface area (Å²) in [6, 6.07) is 1.47. The standard InChI is InChI=1S/C4H7ClN6/c5-2-1-3(10-6)9-4(8-2)11-7/h1H,6-7H2,(H2,8,9,10,11). The molecule has 0 fully saturated rings. The first-order chi connectivity index (χ1) is 5.26. The Labute approximate surface area is 67.9 Å². The number of hydrogen-bond acceptors (Lipinski definition) is 6. The lowest BCUT2D eigenvalue weighted by Gasteiger charge is -2.01.